The molecule has 6 nitrogen and oxygen atoms in total. The first-order valence-corrected chi connectivity index (χ1v) is 10.5. The van der Waals surface area contributed by atoms with E-state index in [-0.39, 0.29) is 5.92 Å². The zero-order valence-electron chi connectivity index (χ0n) is 17.5. The third kappa shape index (κ3) is 4.70. The summed E-state index contributed by atoms with van der Waals surface area (Å²) in [6.45, 7) is 7.65. The molecule has 29 heavy (non-hydrogen) atoms. The second-order valence-electron chi connectivity index (χ2n) is 8.62. The number of rotatable bonds is 6. The fourth-order valence-electron chi connectivity index (χ4n) is 4.20. The molecule has 6 heteroatoms. The molecule has 0 atom stereocenters. The predicted molar refractivity (Wildman–Crippen MR) is 114 cm³/mol. The van der Waals surface area contributed by atoms with Gasteiger partial charge in [0, 0.05) is 36.7 Å². The van der Waals surface area contributed by atoms with Crippen LogP contribution in [0.25, 0.3) is 22.0 Å². The SMILES string of the molecule is CC(C)CN1CCC(C(=O)Cc2cc3cc(-c4cnn(C)c4)ccc3nn2)CC1. The van der Waals surface area contributed by atoms with Crippen molar-refractivity contribution in [1.29, 1.82) is 0 Å². The smallest absolute Gasteiger partial charge is 0.142 e. The molecule has 0 saturated carbocycles. The fourth-order valence-corrected chi connectivity index (χ4v) is 4.20. The maximum Gasteiger partial charge on any atom is 0.142 e. The van der Waals surface area contributed by atoms with E-state index >= 15 is 0 Å². The van der Waals surface area contributed by atoms with Crippen molar-refractivity contribution in [3.05, 3.63) is 42.4 Å². The first-order valence-electron chi connectivity index (χ1n) is 10.5. The summed E-state index contributed by atoms with van der Waals surface area (Å²) < 4.78 is 1.79. The molecule has 1 saturated heterocycles. The fraction of sp³-hybridized carbons (Fsp3) is 0.478. The number of carbonyl (C=O) groups is 1. The van der Waals surface area contributed by atoms with Crippen molar-refractivity contribution in [2.45, 2.75) is 33.1 Å². The molecule has 3 aromatic rings. The van der Waals surface area contributed by atoms with Crippen molar-refractivity contribution in [2.24, 2.45) is 18.9 Å². The number of Topliss-reactive ketones (excluding diaryl/α,β-unsaturated/α-hetero) is 1. The average Bonchev–Trinajstić information content (AvgIpc) is 3.14. The zero-order valence-corrected chi connectivity index (χ0v) is 17.5. The summed E-state index contributed by atoms with van der Waals surface area (Å²) in [7, 11) is 1.91. The number of aryl methyl sites for hydroxylation is 1. The lowest BCUT2D eigenvalue weighted by molar-refractivity contribution is -0.123. The Hall–Kier alpha value is -2.60. The van der Waals surface area contributed by atoms with Crippen molar-refractivity contribution >= 4 is 16.7 Å². The van der Waals surface area contributed by atoms with Crippen LogP contribution in [0.3, 0.4) is 0 Å². The quantitative estimate of drug-likeness (QED) is 0.643. The van der Waals surface area contributed by atoms with Crippen LogP contribution in [-0.2, 0) is 18.3 Å². The first-order chi connectivity index (χ1) is 14.0. The molecule has 0 unspecified atom stereocenters. The van der Waals surface area contributed by atoms with Crippen LogP contribution in [0.1, 0.15) is 32.4 Å². The Morgan fingerprint density at radius 2 is 1.93 bits per heavy atom. The Kier molecular flexibility index (Phi) is 5.72. The van der Waals surface area contributed by atoms with Crippen molar-refractivity contribution in [2.75, 3.05) is 19.6 Å². The van der Waals surface area contributed by atoms with Gasteiger partial charge in [0.25, 0.3) is 0 Å². The van der Waals surface area contributed by atoms with Gasteiger partial charge in [0.05, 0.1) is 23.8 Å². The Labute approximate surface area is 171 Å². The number of fused-ring (bicyclic) bond motifs is 1. The monoisotopic (exact) mass is 391 g/mol. The molecule has 1 aliphatic heterocycles. The first kappa shape index (κ1) is 19.7. The average molecular weight is 392 g/mol. The van der Waals surface area contributed by atoms with Crippen molar-refractivity contribution in [3.63, 3.8) is 0 Å². The molecule has 2 aromatic heterocycles. The van der Waals surface area contributed by atoms with Gasteiger partial charge in [-0.1, -0.05) is 19.9 Å². The van der Waals surface area contributed by atoms with Crippen LogP contribution in [0, 0.1) is 11.8 Å². The lowest BCUT2D eigenvalue weighted by Gasteiger charge is -2.32. The Morgan fingerprint density at radius 1 is 1.14 bits per heavy atom. The van der Waals surface area contributed by atoms with Gasteiger partial charge < -0.3 is 4.90 Å². The number of ketones is 1. The van der Waals surface area contributed by atoms with Gasteiger partial charge in [-0.25, -0.2) is 0 Å². The summed E-state index contributed by atoms with van der Waals surface area (Å²) >= 11 is 0. The minimum atomic E-state index is 0.151. The number of aromatic nitrogens is 4. The van der Waals surface area contributed by atoms with Crippen molar-refractivity contribution in [1.82, 2.24) is 24.9 Å². The van der Waals surface area contributed by atoms with Crippen LogP contribution in [0.5, 0.6) is 0 Å². The molecule has 0 radical (unpaired) electrons. The van der Waals surface area contributed by atoms with E-state index in [2.05, 4.69) is 40.1 Å². The van der Waals surface area contributed by atoms with Gasteiger partial charge in [0.15, 0.2) is 0 Å². The maximum atomic E-state index is 12.8. The highest BCUT2D eigenvalue weighted by Crippen LogP contribution is 2.24. The van der Waals surface area contributed by atoms with Crippen LogP contribution in [-0.4, -0.2) is 50.3 Å². The third-order valence-corrected chi connectivity index (χ3v) is 5.70. The van der Waals surface area contributed by atoms with E-state index < -0.39 is 0 Å². The zero-order chi connectivity index (χ0) is 20.4. The predicted octanol–water partition coefficient (Wildman–Crippen LogP) is 3.51. The van der Waals surface area contributed by atoms with Gasteiger partial charge in [-0.2, -0.15) is 15.3 Å². The second kappa shape index (κ2) is 8.41. The largest absolute Gasteiger partial charge is 0.303 e. The molecule has 1 aliphatic rings. The van der Waals surface area contributed by atoms with Crippen LogP contribution >= 0.6 is 0 Å². The van der Waals surface area contributed by atoms with Crippen LogP contribution in [0.4, 0.5) is 0 Å². The highest BCUT2D eigenvalue weighted by Gasteiger charge is 2.25. The highest BCUT2D eigenvalue weighted by molar-refractivity contribution is 5.86. The van der Waals surface area contributed by atoms with E-state index in [4.69, 9.17) is 0 Å². The lowest BCUT2D eigenvalue weighted by atomic mass is 9.90. The molecule has 0 spiro atoms. The molecular weight excluding hydrogens is 362 g/mol. The number of likely N-dealkylation sites (tertiary alicyclic amines) is 1. The van der Waals surface area contributed by atoms with Gasteiger partial charge in [-0.3, -0.25) is 9.48 Å². The summed E-state index contributed by atoms with van der Waals surface area (Å²) in [5.74, 6) is 1.12. The van der Waals surface area contributed by atoms with E-state index in [0.717, 1.165) is 60.2 Å². The topological polar surface area (TPSA) is 63.9 Å². The maximum absolute atomic E-state index is 12.8. The second-order valence-corrected chi connectivity index (χ2v) is 8.62. The van der Waals surface area contributed by atoms with E-state index in [9.17, 15) is 4.79 Å². The summed E-state index contributed by atoms with van der Waals surface area (Å²) in [5, 5.41) is 13.9. The summed E-state index contributed by atoms with van der Waals surface area (Å²) in [4.78, 5) is 15.3. The number of benzene rings is 1. The molecule has 152 valence electrons. The minimum Gasteiger partial charge on any atom is -0.303 e. The number of carbonyl (C=O) groups excluding carboxylic acids is 1. The van der Waals surface area contributed by atoms with E-state index in [1.54, 1.807) is 4.68 Å². The minimum absolute atomic E-state index is 0.151. The summed E-state index contributed by atoms with van der Waals surface area (Å²) in [6, 6.07) is 8.11. The molecule has 0 N–H and O–H groups in total. The Morgan fingerprint density at radius 3 is 2.62 bits per heavy atom. The summed E-state index contributed by atoms with van der Waals surface area (Å²) in [5.41, 5.74) is 3.76. The number of hydrogen-bond donors (Lipinski definition) is 0. The Balaban J connectivity index is 1.44. The molecule has 1 aromatic carbocycles. The molecule has 4 rings (SSSR count). The van der Waals surface area contributed by atoms with Gasteiger partial charge in [-0.05, 0) is 55.6 Å². The molecule has 0 aliphatic carbocycles. The van der Waals surface area contributed by atoms with E-state index in [1.807, 2.05) is 37.6 Å². The Bertz CT molecular complexity index is 1000. The molecule has 0 amide bonds. The third-order valence-electron chi connectivity index (χ3n) is 5.70. The number of piperidine rings is 1. The molecule has 3 heterocycles. The van der Waals surface area contributed by atoms with Gasteiger partial charge in [-0.15, -0.1) is 0 Å². The standard InChI is InChI=1S/C23H29N5O/c1-16(2)14-28-8-6-17(7-9-28)23(29)12-21-11-19-10-18(4-5-22(19)26-25-21)20-13-24-27(3)15-20/h4-5,10-11,13,15-17H,6-9,12,14H2,1-3H3. The van der Waals surface area contributed by atoms with Gasteiger partial charge in [0.2, 0.25) is 0 Å². The highest BCUT2D eigenvalue weighted by atomic mass is 16.1. The number of hydrogen-bond acceptors (Lipinski definition) is 5. The van der Waals surface area contributed by atoms with Crippen LogP contribution in [0.2, 0.25) is 0 Å². The van der Waals surface area contributed by atoms with Crippen LogP contribution < -0.4 is 0 Å². The molecule has 1 fully saturated rings. The van der Waals surface area contributed by atoms with E-state index in [1.165, 1.54) is 0 Å². The van der Waals surface area contributed by atoms with Gasteiger partial charge in [0.1, 0.15) is 5.78 Å². The van der Waals surface area contributed by atoms with Gasteiger partial charge >= 0.3 is 0 Å². The van der Waals surface area contributed by atoms with Crippen molar-refractivity contribution in [3.8, 4) is 11.1 Å². The lowest BCUT2D eigenvalue weighted by Crippen LogP contribution is -2.38. The van der Waals surface area contributed by atoms with E-state index in [0.29, 0.717) is 18.1 Å². The summed E-state index contributed by atoms with van der Waals surface area (Å²) in [6.07, 6.45) is 6.13. The molecular formula is C23H29N5O. The van der Waals surface area contributed by atoms with Crippen molar-refractivity contribution < 1.29 is 4.79 Å². The van der Waals surface area contributed by atoms with Crippen LogP contribution in [0.15, 0.2) is 36.7 Å². The normalized spacial score (nSPS) is 16.0. The molecule has 0 bridgehead atoms. The number of nitrogens with zero attached hydrogens (tertiary/aromatic N) is 5.